The lowest BCUT2D eigenvalue weighted by Gasteiger charge is -2.05. The number of benzene rings is 2. The number of nitrogens with zero attached hydrogens (tertiary/aromatic N) is 1. The lowest BCUT2D eigenvalue weighted by atomic mass is 10.2. The molecule has 0 atom stereocenters. The molecule has 2 aromatic carbocycles. The molecule has 0 radical (unpaired) electrons. The Bertz CT molecular complexity index is 749. The van der Waals surface area contributed by atoms with E-state index in [9.17, 15) is 4.39 Å². The highest BCUT2D eigenvalue weighted by Gasteiger charge is 2.06. The number of aryl methyl sites for hydroxylation is 2. The summed E-state index contributed by atoms with van der Waals surface area (Å²) in [6.45, 7) is 3.94. The van der Waals surface area contributed by atoms with E-state index in [4.69, 9.17) is 0 Å². The number of hydrogen-bond donors (Lipinski definition) is 1. The van der Waals surface area contributed by atoms with Crippen molar-refractivity contribution in [1.82, 2.24) is 4.98 Å². The highest BCUT2D eigenvalue weighted by molar-refractivity contribution is 7.22. The molecule has 1 heterocycles. The number of nitrogens with one attached hydrogen (secondary N) is 1. The molecule has 0 aliphatic carbocycles. The molecule has 3 rings (SSSR count). The molecule has 0 spiro atoms. The standard InChI is InChI=1S/C15H13FN2S/c1-9-3-5-13-14(7-9)19-15(18-13)17-12-6-4-11(16)8-10(12)2/h3-8H,1-2H3,(H,17,18). The highest BCUT2D eigenvalue weighted by Crippen LogP contribution is 2.30. The van der Waals surface area contributed by atoms with Crippen molar-refractivity contribution in [2.45, 2.75) is 13.8 Å². The molecule has 0 bridgehead atoms. The van der Waals surface area contributed by atoms with Crippen LogP contribution in [-0.4, -0.2) is 4.98 Å². The highest BCUT2D eigenvalue weighted by atomic mass is 32.1. The maximum Gasteiger partial charge on any atom is 0.188 e. The van der Waals surface area contributed by atoms with Gasteiger partial charge in [-0.15, -0.1) is 0 Å². The summed E-state index contributed by atoms with van der Waals surface area (Å²) in [5.41, 5.74) is 3.96. The van der Waals surface area contributed by atoms with Crippen LogP contribution in [0.1, 0.15) is 11.1 Å². The molecule has 2 nitrogen and oxygen atoms in total. The summed E-state index contributed by atoms with van der Waals surface area (Å²) >= 11 is 1.60. The molecule has 0 saturated heterocycles. The maximum absolute atomic E-state index is 13.1. The Morgan fingerprint density at radius 3 is 2.74 bits per heavy atom. The van der Waals surface area contributed by atoms with Gasteiger partial charge in [0.1, 0.15) is 5.82 Å². The number of rotatable bonds is 2. The molecule has 3 aromatic rings. The van der Waals surface area contributed by atoms with Crippen LogP contribution in [-0.2, 0) is 0 Å². The number of fused-ring (bicyclic) bond motifs is 1. The van der Waals surface area contributed by atoms with E-state index >= 15 is 0 Å². The molecule has 0 amide bonds. The third-order valence-corrected chi connectivity index (χ3v) is 3.91. The van der Waals surface area contributed by atoms with Gasteiger partial charge < -0.3 is 5.32 Å². The van der Waals surface area contributed by atoms with Crippen molar-refractivity contribution in [3.63, 3.8) is 0 Å². The summed E-state index contributed by atoms with van der Waals surface area (Å²) in [4.78, 5) is 4.53. The number of thiazole rings is 1. The fourth-order valence-electron chi connectivity index (χ4n) is 1.97. The summed E-state index contributed by atoms with van der Waals surface area (Å²) in [5.74, 6) is -0.219. The van der Waals surface area contributed by atoms with Crippen LogP contribution in [0, 0.1) is 19.7 Å². The van der Waals surface area contributed by atoms with E-state index in [0.717, 1.165) is 26.6 Å². The largest absolute Gasteiger partial charge is 0.331 e. The van der Waals surface area contributed by atoms with E-state index in [-0.39, 0.29) is 5.82 Å². The Morgan fingerprint density at radius 2 is 1.95 bits per heavy atom. The van der Waals surface area contributed by atoms with Crippen LogP contribution >= 0.6 is 11.3 Å². The van der Waals surface area contributed by atoms with Gasteiger partial charge in [-0.1, -0.05) is 17.4 Å². The fourth-order valence-corrected chi connectivity index (χ4v) is 2.94. The zero-order valence-corrected chi connectivity index (χ0v) is 11.5. The Hall–Kier alpha value is -1.94. The van der Waals surface area contributed by atoms with E-state index in [1.807, 2.05) is 13.0 Å². The second kappa shape index (κ2) is 4.63. The molecule has 4 heteroatoms. The van der Waals surface area contributed by atoms with Crippen LogP contribution in [0.2, 0.25) is 0 Å². The van der Waals surface area contributed by atoms with Gasteiger partial charge in [0.15, 0.2) is 5.13 Å². The number of hydrogen-bond acceptors (Lipinski definition) is 3. The van der Waals surface area contributed by atoms with Crippen molar-refractivity contribution in [2.24, 2.45) is 0 Å². The van der Waals surface area contributed by atoms with Crippen molar-refractivity contribution >= 4 is 32.4 Å². The van der Waals surface area contributed by atoms with Gasteiger partial charge >= 0.3 is 0 Å². The Balaban J connectivity index is 1.96. The Morgan fingerprint density at radius 1 is 1.11 bits per heavy atom. The van der Waals surface area contributed by atoms with Crippen LogP contribution in [0.3, 0.4) is 0 Å². The summed E-state index contributed by atoms with van der Waals surface area (Å²) in [7, 11) is 0. The molecule has 0 unspecified atom stereocenters. The molecule has 19 heavy (non-hydrogen) atoms. The number of anilines is 2. The first-order valence-corrected chi connectivity index (χ1v) is 6.84. The molecule has 0 fully saturated rings. The van der Waals surface area contributed by atoms with Gasteiger partial charge in [0, 0.05) is 5.69 Å². The molecule has 0 aliphatic heterocycles. The molecule has 96 valence electrons. The van der Waals surface area contributed by atoms with Crippen LogP contribution in [0.15, 0.2) is 36.4 Å². The molecule has 1 aromatic heterocycles. The zero-order chi connectivity index (χ0) is 13.4. The van der Waals surface area contributed by atoms with Gasteiger partial charge in [-0.3, -0.25) is 0 Å². The van der Waals surface area contributed by atoms with Gasteiger partial charge in [0.2, 0.25) is 0 Å². The Labute approximate surface area is 114 Å². The van der Waals surface area contributed by atoms with Crippen LogP contribution in [0.4, 0.5) is 15.2 Å². The zero-order valence-electron chi connectivity index (χ0n) is 10.7. The molecule has 0 saturated carbocycles. The van der Waals surface area contributed by atoms with Crippen LogP contribution in [0.5, 0.6) is 0 Å². The maximum atomic E-state index is 13.1. The second-order valence-electron chi connectivity index (χ2n) is 4.57. The third-order valence-electron chi connectivity index (χ3n) is 2.97. The van der Waals surface area contributed by atoms with Gasteiger partial charge in [0.05, 0.1) is 10.2 Å². The first kappa shape index (κ1) is 12.1. The lowest BCUT2D eigenvalue weighted by molar-refractivity contribution is 0.627. The van der Waals surface area contributed by atoms with Crippen molar-refractivity contribution in [1.29, 1.82) is 0 Å². The van der Waals surface area contributed by atoms with Gasteiger partial charge in [-0.05, 0) is 55.3 Å². The Kier molecular flexibility index (Phi) is 2.95. The van der Waals surface area contributed by atoms with E-state index in [2.05, 4.69) is 29.4 Å². The normalized spacial score (nSPS) is 10.9. The summed E-state index contributed by atoms with van der Waals surface area (Å²) in [6.07, 6.45) is 0. The van der Waals surface area contributed by atoms with Gasteiger partial charge in [-0.25, -0.2) is 9.37 Å². The topological polar surface area (TPSA) is 24.9 Å². The predicted molar refractivity (Wildman–Crippen MR) is 78.8 cm³/mol. The number of aromatic nitrogens is 1. The average molecular weight is 272 g/mol. The first-order chi connectivity index (χ1) is 9.11. The summed E-state index contributed by atoms with van der Waals surface area (Å²) in [6, 6.07) is 10.9. The van der Waals surface area contributed by atoms with E-state index in [1.165, 1.54) is 17.7 Å². The fraction of sp³-hybridized carbons (Fsp3) is 0.133. The second-order valence-corrected chi connectivity index (χ2v) is 5.61. The minimum Gasteiger partial charge on any atom is -0.331 e. The summed E-state index contributed by atoms with van der Waals surface area (Å²) in [5, 5.41) is 4.08. The molecule has 1 N–H and O–H groups in total. The summed E-state index contributed by atoms with van der Waals surface area (Å²) < 4.78 is 14.2. The molecular weight excluding hydrogens is 259 g/mol. The van der Waals surface area contributed by atoms with Crippen molar-refractivity contribution in [3.05, 3.63) is 53.3 Å². The smallest absolute Gasteiger partial charge is 0.188 e. The first-order valence-electron chi connectivity index (χ1n) is 6.02. The molecular formula is C15H13FN2S. The van der Waals surface area contributed by atoms with Crippen molar-refractivity contribution in [2.75, 3.05) is 5.32 Å². The van der Waals surface area contributed by atoms with Gasteiger partial charge in [-0.2, -0.15) is 0 Å². The van der Waals surface area contributed by atoms with E-state index < -0.39 is 0 Å². The average Bonchev–Trinajstić information content (AvgIpc) is 2.74. The SMILES string of the molecule is Cc1ccc2nc(Nc3ccc(F)cc3C)sc2c1. The van der Waals surface area contributed by atoms with Gasteiger partial charge in [0.25, 0.3) is 0 Å². The predicted octanol–water partition coefficient (Wildman–Crippen LogP) is 4.80. The van der Waals surface area contributed by atoms with E-state index in [1.54, 1.807) is 17.4 Å². The molecule has 0 aliphatic rings. The minimum absolute atomic E-state index is 0.219. The minimum atomic E-state index is -0.219. The van der Waals surface area contributed by atoms with Crippen molar-refractivity contribution in [3.8, 4) is 0 Å². The lowest BCUT2D eigenvalue weighted by Crippen LogP contribution is -1.92. The van der Waals surface area contributed by atoms with Crippen LogP contribution < -0.4 is 5.32 Å². The third kappa shape index (κ3) is 2.44. The van der Waals surface area contributed by atoms with Crippen molar-refractivity contribution < 1.29 is 4.39 Å². The number of halogens is 1. The van der Waals surface area contributed by atoms with E-state index in [0.29, 0.717) is 0 Å². The monoisotopic (exact) mass is 272 g/mol. The van der Waals surface area contributed by atoms with Crippen LogP contribution in [0.25, 0.3) is 10.2 Å². The quantitative estimate of drug-likeness (QED) is 0.725.